The Morgan fingerprint density at radius 2 is 2.24 bits per heavy atom. The molecule has 5 nitrogen and oxygen atoms in total. The predicted molar refractivity (Wildman–Crippen MR) is 65.6 cm³/mol. The summed E-state index contributed by atoms with van der Waals surface area (Å²) in [4.78, 5) is 15.2. The molecule has 17 heavy (non-hydrogen) atoms. The van der Waals surface area contributed by atoms with Gasteiger partial charge in [-0.15, -0.1) is 0 Å². The lowest BCUT2D eigenvalue weighted by Gasteiger charge is -2.08. The van der Waals surface area contributed by atoms with Crippen molar-refractivity contribution in [3.8, 4) is 0 Å². The van der Waals surface area contributed by atoms with Gasteiger partial charge in [-0.25, -0.2) is 9.78 Å². The molecule has 1 aromatic heterocycles. The van der Waals surface area contributed by atoms with Gasteiger partial charge < -0.3 is 15.2 Å². The van der Waals surface area contributed by atoms with Crippen LogP contribution in [-0.2, 0) is 11.2 Å². The molecule has 0 spiro atoms. The maximum Gasteiger partial charge on any atom is 0.335 e. The monoisotopic (exact) mass is 238 g/mol. The molecule has 1 aromatic rings. The molecule has 0 radical (unpaired) electrons. The third-order valence-electron chi connectivity index (χ3n) is 2.24. The number of nitrogens with one attached hydrogen (secondary N) is 1. The Morgan fingerprint density at radius 1 is 1.47 bits per heavy atom. The number of carbonyl (C=O) groups is 1. The van der Waals surface area contributed by atoms with E-state index in [2.05, 4.69) is 10.3 Å². The van der Waals surface area contributed by atoms with Crippen LogP contribution in [0.1, 0.15) is 29.9 Å². The number of rotatable bonds is 7. The zero-order chi connectivity index (χ0) is 12.7. The summed E-state index contributed by atoms with van der Waals surface area (Å²) in [6.07, 6.45) is 0.710. The Hall–Kier alpha value is -1.62. The number of carboxylic acid groups (broad SMARTS) is 1. The van der Waals surface area contributed by atoms with E-state index in [1.54, 1.807) is 6.07 Å². The molecule has 2 N–H and O–H groups in total. The number of anilines is 1. The van der Waals surface area contributed by atoms with Crippen LogP contribution >= 0.6 is 0 Å². The van der Waals surface area contributed by atoms with Crippen molar-refractivity contribution in [2.75, 3.05) is 25.1 Å². The minimum Gasteiger partial charge on any atom is -0.478 e. The Labute approximate surface area is 101 Å². The zero-order valence-electron chi connectivity index (χ0n) is 10.2. The fourth-order valence-electron chi connectivity index (χ4n) is 1.38. The van der Waals surface area contributed by atoms with Crippen molar-refractivity contribution in [1.29, 1.82) is 0 Å². The summed E-state index contributed by atoms with van der Waals surface area (Å²) in [5, 5.41) is 12.0. The van der Waals surface area contributed by atoms with E-state index in [0.29, 0.717) is 32.0 Å². The lowest BCUT2D eigenvalue weighted by molar-refractivity contribution is 0.0696. The van der Waals surface area contributed by atoms with Gasteiger partial charge in [0, 0.05) is 18.8 Å². The van der Waals surface area contributed by atoms with Crippen molar-refractivity contribution in [3.63, 3.8) is 0 Å². The van der Waals surface area contributed by atoms with Crippen LogP contribution in [0.3, 0.4) is 0 Å². The SMILES string of the molecule is CCOCCNc1cc(C(=O)O)cc(CC)n1. The van der Waals surface area contributed by atoms with Gasteiger partial charge in [-0.05, 0) is 25.5 Å². The first kappa shape index (κ1) is 13.4. The summed E-state index contributed by atoms with van der Waals surface area (Å²) in [7, 11) is 0. The molecular formula is C12H18N2O3. The molecule has 0 fully saturated rings. The molecule has 0 saturated heterocycles. The lowest BCUT2D eigenvalue weighted by atomic mass is 10.2. The van der Waals surface area contributed by atoms with Gasteiger partial charge >= 0.3 is 5.97 Å². The number of carboxylic acids is 1. The molecular weight excluding hydrogens is 220 g/mol. The van der Waals surface area contributed by atoms with E-state index in [4.69, 9.17) is 9.84 Å². The normalized spacial score (nSPS) is 10.2. The topological polar surface area (TPSA) is 71.5 Å². The van der Waals surface area contributed by atoms with Crippen LogP contribution in [0, 0.1) is 0 Å². The van der Waals surface area contributed by atoms with Crippen LogP contribution in [0.2, 0.25) is 0 Å². The number of nitrogens with zero attached hydrogens (tertiary/aromatic N) is 1. The average molecular weight is 238 g/mol. The minimum atomic E-state index is -0.935. The van der Waals surface area contributed by atoms with E-state index < -0.39 is 5.97 Å². The van der Waals surface area contributed by atoms with Crippen molar-refractivity contribution in [2.45, 2.75) is 20.3 Å². The molecule has 0 aliphatic heterocycles. The molecule has 0 bridgehead atoms. The highest BCUT2D eigenvalue weighted by molar-refractivity contribution is 5.88. The number of aromatic carboxylic acids is 1. The molecule has 0 amide bonds. The van der Waals surface area contributed by atoms with Crippen LogP contribution in [0.25, 0.3) is 0 Å². The van der Waals surface area contributed by atoms with E-state index in [1.807, 2.05) is 13.8 Å². The van der Waals surface area contributed by atoms with Gasteiger partial charge in [-0.1, -0.05) is 6.92 Å². The second kappa shape index (κ2) is 6.85. The van der Waals surface area contributed by atoms with Gasteiger partial charge in [0.05, 0.1) is 12.2 Å². The van der Waals surface area contributed by atoms with Crippen LogP contribution in [-0.4, -0.2) is 35.8 Å². The molecule has 1 heterocycles. The highest BCUT2D eigenvalue weighted by Crippen LogP contribution is 2.11. The average Bonchev–Trinajstić information content (AvgIpc) is 2.34. The Bertz CT molecular complexity index is 380. The maximum absolute atomic E-state index is 10.9. The molecule has 0 saturated carbocycles. The van der Waals surface area contributed by atoms with Gasteiger partial charge in [-0.2, -0.15) is 0 Å². The van der Waals surface area contributed by atoms with Crippen molar-refractivity contribution in [1.82, 2.24) is 4.98 Å². The van der Waals surface area contributed by atoms with Crippen LogP contribution in [0.15, 0.2) is 12.1 Å². The zero-order valence-corrected chi connectivity index (χ0v) is 10.2. The second-order valence-corrected chi connectivity index (χ2v) is 3.51. The smallest absolute Gasteiger partial charge is 0.335 e. The van der Waals surface area contributed by atoms with E-state index in [1.165, 1.54) is 6.07 Å². The summed E-state index contributed by atoms with van der Waals surface area (Å²) in [6.45, 7) is 5.74. The third kappa shape index (κ3) is 4.40. The molecule has 0 aliphatic rings. The first-order valence-corrected chi connectivity index (χ1v) is 5.73. The first-order valence-electron chi connectivity index (χ1n) is 5.73. The fourth-order valence-corrected chi connectivity index (χ4v) is 1.38. The maximum atomic E-state index is 10.9. The van der Waals surface area contributed by atoms with E-state index in [-0.39, 0.29) is 5.56 Å². The largest absolute Gasteiger partial charge is 0.478 e. The molecule has 0 aliphatic carbocycles. The Morgan fingerprint density at radius 3 is 2.82 bits per heavy atom. The van der Waals surface area contributed by atoms with E-state index in [9.17, 15) is 4.79 Å². The summed E-state index contributed by atoms with van der Waals surface area (Å²) in [5.41, 5.74) is 1.03. The summed E-state index contributed by atoms with van der Waals surface area (Å²) in [6, 6.07) is 3.13. The Kier molecular flexibility index (Phi) is 5.42. The standard InChI is InChI=1S/C12H18N2O3/c1-3-10-7-9(12(15)16)8-11(14-10)13-5-6-17-4-2/h7-8H,3-6H2,1-2H3,(H,13,14)(H,15,16). The number of ether oxygens (including phenoxy) is 1. The van der Waals surface area contributed by atoms with Crippen molar-refractivity contribution >= 4 is 11.8 Å². The highest BCUT2D eigenvalue weighted by atomic mass is 16.5. The predicted octanol–water partition coefficient (Wildman–Crippen LogP) is 1.79. The first-order chi connectivity index (χ1) is 8.17. The van der Waals surface area contributed by atoms with Gasteiger partial charge in [0.2, 0.25) is 0 Å². The fraction of sp³-hybridized carbons (Fsp3) is 0.500. The minimum absolute atomic E-state index is 0.260. The van der Waals surface area contributed by atoms with Crippen LogP contribution < -0.4 is 5.32 Å². The molecule has 94 valence electrons. The summed E-state index contributed by atoms with van der Waals surface area (Å²) >= 11 is 0. The van der Waals surface area contributed by atoms with Crippen molar-refractivity contribution in [3.05, 3.63) is 23.4 Å². The molecule has 0 aromatic carbocycles. The van der Waals surface area contributed by atoms with Crippen LogP contribution in [0.5, 0.6) is 0 Å². The Balaban J connectivity index is 2.70. The summed E-state index contributed by atoms with van der Waals surface area (Å²) in [5.74, 6) is -0.351. The molecule has 5 heteroatoms. The van der Waals surface area contributed by atoms with E-state index in [0.717, 1.165) is 5.69 Å². The van der Waals surface area contributed by atoms with Crippen LogP contribution in [0.4, 0.5) is 5.82 Å². The van der Waals surface area contributed by atoms with Gasteiger partial charge in [0.1, 0.15) is 5.82 Å². The number of aromatic nitrogens is 1. The number of pyridine rings is 1. The second-order valence-electron chi connectivity index (χ2n) is 3.51. The number of hydrogen-bond acceptors (Lipinski definition) is 4. The number of aryl methyl sites for hydroxylation is 1. The lowest BCUT2D eigenvalue weighted by Crippen LogP contribution is -2.12. The molecule has 0 unspecified atom stereocenters. The number of hydrogen-bond donors (Lipinski definition) is 2. The van der Waals surface area contributed by atoms with Crippen molar-refractivity contribution < 1.29 is 14.6 Å². The quantitative estimate of drug-likeness (QED) is 0.709. The van der Waals surface area contributed by atoms with E-state index >= 15 is 0 Å². The third-order valence-corrected chi connectivity index (χ3v) is 2.24. The van der Waals surface area contributed by atoms with Gasteiger partial charge in [0.15, 0.2) is 0 Å². The van der Waals surface area contributed by atoms with Gasteiger partial charge in [-0.3, -0.25) is 0 Å². The van der Waals surface area contributed by atoms with Gasteiger partial charge in [0.25, 0.3) is 0 Å². The highest BCUT2D eigenvalue weighted by Gasteiger charge is 2.07. The molecule has 0 atom stereocenters. The summed E-state index contributed by atoms with van der Waals surface area (Å²) < 4.78 is 5.18. The van der Waals surface area contributed by atoms with Crippen molar-refractivity contribution in [2.24, 2.45) is 0 Å². The molecule has 1 rings (SSSR count).